The van der Waals surface area contributed by atoms with Gasteiger partial charge in [0.1, 0.15) is 5.54 Å². The summed E-state index contributed by atoms with van der Waals surface area (Å²) in [6.45, 7) is 8.39. The number of carbonyl (C=O) groups is 3. The van der Waals surface area contributed by atoms with Crippen molar-refractivity contribution in [3.8, 4) is 0 Å². The van der Waals surface area contributed by atoms with E-state index in [0.29, 0.717) is 12.0 Å². The Morgan fingerprint density at radius 3 is 2.39 bits per heavy atom. The SMILES string of the molecule is CCCn1c(C)cc(C(=O)CN2C(=O)NC(CC)(c3ccccc3)C2=O)c1C. The van der Waals surface area contributed by atoms with E-state index in [9.17, 15) is 14.4 Å². The molecule has 3 rings (SSSR count). The minimum atomic E-state index is -1.11. The highest BCUT2D eigenvalue weighted by molar-refractivity contribution is 6.11. The minimum Gasteiger partial charge on any atom is -0.348 e. The molecule has 6 heteroatoms. The van der Waals surface area contributed by atoms with Gasteiger partial charge in [-0.05, 0) is 38.3 Å². The van der Waals surface area contributed by atoms with Crippen LogP contribution in [0, 0.1) is 13.8 Å². The molecule has 1 aliphatic heterocycles. The molecule has 1 unspecified atom stereocenters. The number of hydrogen-bond acceptors (Lipinski definition) is 3. The predicted octanol–water partition coefficient (Wildman–Crippen LogP) is 3.55. The first-order valence-corrected chi connectivity index (χ1v) is 9.75. The maximum absolute atomic E-state index is 13.2. The van der Waals surface area contributed by atoms with E-state index < -0.39 is 11.6 Å². The number of rotatable bonds is 7. The molecule has 2 aromatic rings. The maximum Gasteiger partial charge on any atom is 0.325 e. The highest BCUT2D eigenvalue weighted by Crippen LogP contribution is 2.32. The lowest BCUT2D eigenvalue weighted by Crippen LogP contribution is -2.43. The number of imide groups is 1. The first kappa shape index (κ1) is 19.9. The molecule has 0 bridgehead atoms. The number of amides is 3. The minimum absolute atomic E-state index is 0.223. The number of urea groups is 1. The second-order valence-corrected chi connectivity index (χ2v) is 7.31. The van der Waals surface area contributed by atoms with Gasteiger partial charge >= 0.3 is 6.03 Å². The number of ketones is 1. The van der Waals surface area contributed by atoms with Crippen LogP contribution < -0.4 is 5.32 Å². The molecule has 1 atom stereocenters. The van der Waals surface area contributed by atoms with E-state index in [-0.39, 0.29) is 18.2 Å². The number of aromatic nitrogens is 1. The van der Waals surface area contributed by atoms with Crippen molar-refractivity contribution < 1.29 is 14.4 Å². The van der Waals surface area contributed by atoms with Crippen LogP contribution in [0.25, 0.3) is 0 Å². The highest BCUT2D eigenvalue weighted by atomic mass is 16.2. The maximum atomic E-state index is 13.2. The van der Waals surface area contributed by atoms with Gasteiger partial charge in [0.05, 0.1) is 6.54 Å². The number of nitrogens with zero attached hydrogens (tertiary/aromatic N) is 2. The summed E-state index contributed by atoms with van der Waals surface area (Å²) in [5, 5.41) is 2.82. The van der Waals surface area contributed by atoms with Crippen molar-refractivity contribution in [3.05, 3.63) is 58.9 Å². The Hall–Kier alpha value is -2.89. The molecule has 1 fully saturated rings. The third kappa shape index (κ3) is 3.13. The average Bonchev–Trinajstić information content (AvgIpc) is 3.11. The van der Waals surface area contributed by atoms with Gasteiger partial charge in [0.15, 0.2) is 5.78 Å². The number of nitrogens with one attached hydrogen (secondary N) is 1. The molecule has 0 aliphatic carbocycles. The van der Waals surface area contributed by atoms with Crippen molar-refractivity contribution in [2.75, 3.05) is 6.54 Å². The molecule has 0 radical (unpaired) electrons. The summed E-state index contributed by atoms with van der Waals surface area (Å²) in [4.78, 5) is 39.8. The lowest BCUT2D eigenvalue weighted by molar-refractivity contribution is -0.131. The zero-order chi connectivity index (χ0) is 20.5. The number of carbonyl (C=O) groups excluding carboxylic acids is 3. The molecule has 1 N–H and O–H groups in total. The Morgan fingerprint density at radius 1 is 1.11 bits per heavy atom. The summed E-state index contributed by atoms with van der Waals surface area (Å²) < 4.78 is 2.10. The number of Topliss-reactive ketones (excluding diaryl/α,β-unsaturated/α-hetero) is 1. The number of hydrogen-bond donors (Lipinski definition) is 1. The van der Waals surface area contributed by atoms with Gasteiger partial charge in [-0.15, -0.1) is 0 Å². The highest BCUT2D eigenvalue weighted by Gasteiger charge is 2.51. The molecular weight excluding hydrogens is 354 g/mol. The Kier molecular flexibility index (Phi) is 5.40. The van der Waals surface area contributed by atoms with E-state index in [1.807, 2.05) is 57.2 Å². The predicted molar refractivity (Wildman–Crippen MR) is 107 cm³/mol. The molecule has 0 spiro atoms. The van der Waals surface area contributed by atoms with Crippen molar-refractivity contribution in [1.29, 1.82) is 0 Å². The van der Waals surface area contributed by atoms with Crippen LogP contribution in [-0.4, -0.2) is 33.7 Å². The summed E-state index contributed by atoms with van der Waals surface area (Å²) >= 11 is 0. The zero-order valence-corrected chi connectivity index (χ0v) is 16.9. The van der Waals surface area contributed by atoms with Gasteiger partial charge in [-0.3, -0.25) is 14.5 Å². The van der Waals surface area contributed by atoms with Crippen molar-refractivity contribution in [2.24, 2.45) is 0 Å². The first-order valence-electron chi connectivity index (χ1n) is 9.75. The Bertz CT molecular complexity index is 917. The zero-order valence-electron chi connectivity index (χ0n) is 16.9. The molecule has 3 amide bonds. The summed E-state index contributed by atoms with van der Waals surface area (Å²) in [5.41, 5.74) is 2.07. The van der Waals surface area contributed by atoms with Crippen LogP contribution in [0.15, 0.2) is 36.4 Å². The van der Waals surface area contributed by atoms with E-state index in [2.05, 4.69) is 16.8 Å². The second-order valence-electron chi connectivity index (χ2n) is 7.31. The average molecular weight is 381 g/mol. The first-order chi connectivity index (χ1) is 13.4. The topological polar surface area (TPSA) is 71.4 Å². The van der Waals surface area contributed by atoms with Crippen LogP contribution >= 0.6 is 0 Å². The van der Waals surface area contributed by atoms with E-state index >= 15 is 0 Å². The molecule has 148 valence electrons. The lowest BCUT2D eigenvalue weighted by Gasteiger charge is -2.25. The summed E-state index contributed by atoms with van der Waals surface area (Å²) in [5.74, 6) is -0.596. The van der Waals surface area contributed by atoms with Crippen molar-refractivity contribution in [3.63, 3.8) is 0 Å². The molecule has 1 aromatic heterocycles. The van der Waals surface area contributed by atoms with Gasteiger partial charge in [0, 0.05) is 23.5 Å². The molecule has 2 heterocycles. The van der Waals surface area contributed by atoms with Gasteiger partial charge in [-0.2, -0.15) is 0 Å². The third-order valence-corrected chi connectivity index (χ3v) is 5.60. The number of benzene rings is 1. The third-order valence-electron chi connectivity index (χ3n) is 5.60. The second kappa shape index (κ2) is 7.62. The van der Waals surface area contributed by atoms with Gasteiger partial charge in [-0.1, -0.05) is 44.2 Å². The normalized spacial score (nSPS) is 19.2. The van der Waals surface area contributed by atoms with Gasteiger partial charge in [-0.25, -0.2) is 4.79 Å². The molecule has 1 saturated heterocycles. The Labute approximate surface area is 165 Å². The molecule has 0 saturated carbocycles. The van der Waals surface area contributed by atoms with Crippen LogP contribution in [0.5, 0.6) is 0 Å². The van der Waals surface area contributed by atoms with Crippen molar-refractivity contribution >= 4 is 17.7 Å². The Balaban J connectivity index is 1.87. The molecule has 6 nitrogen and oxygen atoms in total. The molecular formula is C22H27N3O3. The van der Waals surface area contributed by atoms with Gasteiger partial charge in [0.25, 0.3) is 5.91 Å². The summed E-state index contributed by atoms with van der Waals surface area (Å²) in [6.07, 6.45) is 1.38. The number of aryl methyl sites for hydroxylation is 1. The molecule has 1 aliphatic rings. The van der Waals surface area contributed by atoms with E-state index in [0.717, 1.165) is 34.8 Å². The lowest BCUT2D eigenvalue weighted by atomic mass is 9.87. The smallest absolute Gasteiger partial charge is 0.325 e. The quantitative estimate of drug-likeness (QED) is 0.589. The van der Waals surface area contributed by atoms with Gasteiger partial charge < -0.3 is 9.88 Å². The van der Waals surface area contributed by atoms with E-state index in [1.54, 1.807) is 0 Å². The fourth-order valence-corrected chi connectivity index (χ4v) is 4.01. The van der Waals surface area contributed by atoms with Crippen molar-refractivity contribution in [1.82, 2.24) is 14.8 Å². The van der Waals surface area contributed by atoms with Crippen LogP contribution in [0.2, 0.25) is 0 Å². The molecule has 28 heavy (non-hydrogen) atoms. The standard InChI is InChI=1S/C22H27N3O3/c1-5-12-24-15(3)13-18(16(24)4)19(26)14-25-20(27)22(6-2,23-21(25)28)17-10-8-7-9-11-17/h7-11,13H,5-6,12,14H2,1-4H3,(H,23,28). The van der Waals surface area contributed by atoms with E-state index in [4.69, 9.17) is 0 Å². The fraction of sp³-hybridized carbons (Fsp3) is 0.409. The Morgan fingerprint density at radius 2 is 1.79 bits per heavy atom. The van der Waals surface area contributed by atoms with E-state index in [1.165, 1.54) is 0 Å². The van der Waals surface area contributed by atoms with Crippen LogP contribution in [0.3, 0.4) is 0 Å². The summed E-state index contributed by atoms with van der Waals surface area (Å²) in [7, 11) is 0. The fourth-order valence-electron chi connectivity index (χ4n) is 4.01. The van der Waals surface area contributed by atoms with Gasteiger partial charge in [0.2, 0.25) is 0 Å². The van der Waals surface area contributed by atoms with Crippen LogP contribution in [-0.2, 0) is 16.9 Å². The monoisotopic (exact) mass is 381 g/mol. The summed E-state index contributed by atoms with van der Waals surface area (Å²) in [6, 6.07) is 10.5. The van der Waals surface area contributed by atoms with Crippen LogP contribution in [0.4, 0.5) is 4.79 Å². The molecule has 1 aromatic carbocycles. The largest absolute Gasteiger partial charge is 0.348 e. The van der Waals surface area contributed by atoms with Crippen molar-refractivity contribution in [2.45, 2.75) is 52.6 Å². The van der Waals surface area contributed by atoms with Crippen LogP contribution in [0.1, 0.15) is 54.0 Å².